The number of rotatable bonds is 18. The third-order valence-corrected chi connectivity index (χ3v) is 4.41. The van der Waals surface area contributed by atoms with Crippen LogP contribution in [0.2, 0.25) is 0 Å². The predicted octanol–water partition coefficient (Wildman–Crippen LogP) is 6.29. The highest BCUT2D eigenvalue weighted by Crippen LogP contribution is 2.13. The van der Waals surface area contributed by atoms with Crippen molar-refractivity contribution in [1.29, 1.82) is 0 Å². The number of unbranched alkanes of at least 4 members (excludes halogenated alkanes) is 12. The van der Waals surface area contributed by atoms with Gasteiger partial charge in [-0.05, 0) is 19.3 Å². The Morgan fingerprint density at radius 2 is 0.913 bits per heavy atom. The Balaban J connectivity index is 3.10. The molecule has 0 heterocycles. The van der Waals surface area contributed by atoms with Gasteiger partial charge < -0.3 is 5.11 Å². The van der Waals surface area contributed by atoms with Gasteiger partial charge in [0.05, 0.1) is 0 Å². The van der Waals surface area contributed by atoms with E-state index in [1.165, 1.54) is 64.2 Å². The van der Waals surface area contributed by atoms with Crippen molar-refractivity contribution in [3.63, 3.8) is 0 Å². The first-order valence-corrected chi connectivity index (χ1v) is 9.90. The summed E-state index contributed by atoms with van der Waals surface area (Å²) in [6.07, 6.45) is 18.4. The van der Waals surface area contributed by atoms with Gasteiger partial charge in [0.1, 0.15) is 5.78 Å². The largest absolute Gasteiger partial charge is 0.481 e. The standard InChI is InChI=1S/C20H38O3/c1-2-3-13-16-19(21)17-14-11-9-7-5-4-6-8-10-12-15-18-20(22)23/h2-18H2,1H3,(H,22,23). The van der Waals surface area contributed by atoms with Crippen LogP contribution >= 0.6 is 0 Å². The van der Waals surface area contributed by atoms with E-state index < -0.39 is 5.97 Å². The topological polar surface area (TPSA) is 54.4 Å². The van der Waals surface area contributed by atoms with Crippen molar-refractivity contribution in [3.8, 4) is 0 Å². The molecule has 0 atom stereocenters. The van der Waals surface area contributed by atoms with Gasteiger partial charge >= 0.3 is 5.97 Å². The predicted molar refractivity (Wildman–Crippen MR) is 96.8 cm³/mol. The Morgan fingerprint density at radius 3 is 1.30 bits per heavy atom. The molecule has 0 saturated carbocycles. The lowest BCUT2D eigenvalue weighted by Crippen LogP contribution is -1.97. The summed E-state index contributed by atoms with van der Waals surface area (Å²) in [5, 5.41) is 8.53. The maximum Gasteiger partial charge on any atom is 0.303 e. The van der Waals surface area contributed by atoms with Gasteiger partial charge in [-0.3, -0.25) is 9.59 Å². The minimum absolute atomic E-state index is 0.321. The van der Waals surface area contributed by atoms with Crippen LogP contribution in [0.1, 0.15) is 116 Å². The molecule has 0 aromatic rings. The van der Waals surface area contributed by atoms with Crippen molar-refractivity contribution in [3.05, 3.63) is 0 Å². The molecule has 0 aliphatic rings. The highest BCUT2D eigenvalue weighted by molar-refractivity contribution is 5.78. The molecule has 0 spiro atoms. The Morgan fingerprint density at radius 1 is 0.565 bits per heavy atom. The molecule has 23 heavy (non-hydrogen) atoms. The van der Waals surface area contributed by atoms with E-state index in [-0.39, 0.29) is 0 Å². The number of aliphatic carboxylic acids is 1. The van der Waals surface area contributed by atoms with E-state index in [1.807, 2.05) is 0 Å². The second-order valence-electron chi connectivity index (χ2n) is 6.78. The molecule has 3 heteroatoms. The van der Waals surface area contributed by atoms with E-state index in [9.17, 15) is 9.59 Å². The zero-order valence-electron chi connectivity index (χ0n) is 15.3. The van der Waals surface area contributed by atoms with Crippen molar-refractivity contribution < 1.29 is 14.7 Å². The Hall–Kier alpha value is -0.860. The molecule has 0 rings (SSSR count). The van der Waals surface area contributed by atoms with Gasteiger partial charge in [-0.25, -0.2) is 0 Å². The van der Waals surface area contributed by atoms with Crippen molar-refractivity contribution in [2.24, 2.45) is 0 Å². The molecule has 136 valence electrons. The first kappa shape index (κ1) is 22.1. The zero-order chi connectivity index (χ0) is 17.2. The smallest absolute Gasteiger partial charge is 0.303 e. The lowest BCUT2D eigenvalue weighted by Gasteiger charge is -2.03. The van der Waals surface area contributed by atoms with Crippen LogP contribution in [-0.2, 0) is 9.59 Å². The van der Waals surface area contributed by atoms with E-state index in [0.29, 0.717) is 12.2 Å². The van der Waals surface area contributed by atoms with Gasteiger partial charge in [0, 0.05) is 19.3 Å². The number of carbonyl (C=O) groups is 2. The van der Waals surface area contributed by atoms with Crippen molar-refractivity contribution in [1.82, 2.24) is 0 Å². The molecule has 0 fully saturated rings. The summed E-state index contributed by atoms with van der Waals surface area (Å²) in [6.45, 7) is 2.17. The van der Waals surface area contributed by atoms with Gasteiger partial charge in [0.15, 0.2) is 0 Å². The van der Waals surface area contributed by atoms with Gasteiger partial charge in [-0.1, -0.05) is 77.6 Å². The fraction of sp³-hybridized carbons (Fsp3) is 0.900. The van der Waals surface area contributed by atoms with Crippen LogP contribution in [0, 0.1) is 0 Å². The first-order chi connectivity index (χ1) is 11.2. The van der Waals surface area contributed by atoms with E-state index in [1.54, 1.807) is 0 Å². The van der Waals surface area contributed by atoms with Crippen molar-refractivity contribution in [2.75, 3.05) is 0 Å². The number of carboxylic acid groups (broad SMARTS) is 1. The highest BCUT2D eigenvalue weighted by Gasteiger charge is 2.01. The summed E-state index contributed by atoms with van der Waals surface area (Å²) in [7, 11) is 0. The molecular formula is C20H38O3. The zero-order valence-corrected chi connectivity index (χ0v) is 15.3. The van der Waals surface area contributed by atoms with Crippen molar-refractivity contribution >= 4 is 11.8 Å². The Kier molecular flexibility index (Phi) is 16.8. The molecule has 0 amide bonds. The van der Waals surface area contributed by atoms with Crippen LogP contribution in [0.4, 0.5) is 0 Å². The van der Waals surface area contributed by atoms with Gasteiger partial charge in [0.2, 0.25) is 0 Å². The Bertz CT molecular complexity index is 287. The summed E-state index contributed by atoms with van der Waals surface area (Å²) in [5.41, 5.74) is 0. The maximum atomic E-state index is 11.6. The minimum Gasteiger partial charge on any atom is -0.481 e. The summed E-state index contributed by atoms with van der Waals surface area (Å²) in [6, 6.07) is 0. The highest BCUT2D eigenvalue weighted by atomic mass is 16.4. The summed E-state index contributed by atoms with van der Waals surface area (Å²) in [5.74, 6) is -0.214. The quantitative estimate of drug-likeness (QED) is 0.301. The number of carboxylic acids is 1. The molecule has 0 aliphatic heterocycles. The third-order valence-electron chi connectivity index (χ3n) is 4.41. The number of Topliss-reactive ketones (excluding diaryl/α,β-unsaturated/α-hetero) is 1. The Labute approximate surface area is 143 Å². The van der Waals surface area contributed by atoms with Crippen LogP contribution in [0.3, 0.4) is 0 Å². The SMILES string of the molecule is CCCCCC(=O)CCCCCCCCCCCCCC(=O)O. The van der Waals surface area contributed by atoms with E-state index in [2.05, 4.69) is 6.92 Å². The lowest BCUT2D eigenvalue weighted by atomic mass is 10.0. The number of hydrogen-bond donors (Lipinski definition) is 1. The number of hydrogen-bond acceptors (Lipinski definition) is 2. The van der Waals surface area contributed by atoms with Gasteiger partial charge in [-0.15, -0.1) is 0 Å². The fourth-order valence-corrected chi connectivity index (χ4v) is 2.89. The van der Waals surface area contributed by atoms with Crippen molar-refractivity contribution in [2.45, 2.75) is 116 Å². The van der Waals surface area contributed by atoms with E-state index in [4.69, 9.17) is 5.11 Å². The maximum absolute atomic E-state index is 11.6. The van der Waals surface area contributed by atoms with Crippen LogP contribution in [0.25, 0.3) is 0 Å². The average molecular weight is 327 g/mol. The molecule has 0 bridgehead atoms. The molecule has 0 aromatic carbocycles. The van der Waals surface area contributed by atoms with Crippen LogP contribution in [0.5, 0.6) is 0 Å². The first-order valence-electron chi connectivity index (χ1n) is 9.90. The molecule has 3 nitrogen and oxygen atoms in total. The number of ketones is 1. The molecule has 0 aliphatic carbocycles. The van der Waals surface area contributed by atoms with Crippen LogP contribution in [-0.4, -0.2) is 16.9 Å². The van der Waals surface area contributed by atoms with Crippen LogP contribution < -0.4 is 0 Å². The third kappa shape index (κ3) is 19.1. The second-order valence-corrected chi connectivity index (χ2v) is 6.78. The molecule has 0 aromatic heterocycles. The fourth-order valence-electron chi connectivity index (χ4n) is 2.89. The second kappa shape index (κ2) is 17.5. The summed E-state index contributed by atoms with van der Waals surface area (Å²) >= 11 is 0. The minimum atomic E-state index is -0.673. The van der Waals surface area contributed by atoms with Gasteiger partial charge in [-0.2, -0.15) is 0 Å². The normalized spacial score (nSPS) is 10.8. The average Bonchev–Trinajstić information content (AvgIpc) is 2.51. The molecule has 0 saturated heterocycles. The summed E-state index contributed by atoms with van der Waals surface area (Å²) in [4.78, 5) is 22.0. The van der Waals surface area contributed by atoms with Gasteiger partial charge in [0.25, 0.3) is 0 Å². The monoisotopic (exact) mass is 326 g/mol. The molecule has 0 unspecified atom stereocenters. The number of carbonyl (C=O) groups excluding carboxylic acids is 1. The van der Waals surface area contributed by atoms with E-state index >= 15 is 0 Å². The summed E-state index contributed by atoms with van der Waals surface area (Å²) < 4.78 is 0. The van der Waals surface area contributed by atoms with Crippen LogP contribution in [0.15, 0.2) is 0 Å². The molecule has 0 radical (unpaired) electrons. The lowest BCUT2D eigenvalue weighted by molar-refractivity contribution is -0.137. The van der Waals surface area contributed by atoms with E-state index in [0.717, 1.165) is 38.5 Å². The molecule has 1 N–H and O–H groups in total. The molecular weight excluding hydrogens is 288 g/mol.